The minimum atomic E-state index is -4.44. The highest BCUT2D eigenvalue weighted by Crippen LogP contribution is 2.14. The van der Waals surface area contributed by atoms with Crippen molar-refractivity contribution >= 4 is 5.97 Å². The molecule has 0 spiro atoms. The fraction of sp³-hybridized carbons (Fsp3) is 0.889. The van der Waals surface area contributed by atoms with Gasteiger partial charge >= 0.3 is 12.1 Å². The maximum Gasteiger partial charge on any atom is 0.422 e. The van der Waals surface area contributed by atoms with Crippen LogP contribution in [0.25, 0.3) is 0 Å². The van der Waals surface area contributed by atoms with Gasteiger partial charge < -0.3 is 9.64 Å². The molecule has 0 atom stereocenters. The Kier molecular flexibility index (Phi) is 6.31. The molecule has 0 amide bonds. The number of esters is 1. The Bertz CT molecular complexity index is 190. The zero-order valence-corrected chi connectivity index (χ0v) is 8.93. The second-order valence-corrected chi connectivity index (χ2v) is 3.05. The summed E-state index contributed by atoms with van der Waals surface area (Å²) in [5, 5.41) is 0. The molecular formula is C9H16F3NO2. The largest absolute Gasteiger partial charge is 0.456 e. The molecule has 0 N–H and O–H groups in total. The van der Waals surface area contributed by atoms with E-state index in [9.17, 15) is 18.0 Å². The highest BCUT2D eigenvalue weighted by Gasteiger charge is 2.29. The molecule has 0 radical (unpaired) electrons. The van der Waals surface area contributed by atoms with E-state index in [4.69, 9.17) is 0 Å². The average Bonchev–Trinajstić information content (AvgIpc) is 2.15. The lowest BCUT2D eigenvalue weighted by molar-refractivity contribution is -0.186. The third-order valence-electron chi connectivity index (χ3n) is 1.92. The fourth-order valence-electron chi connectivity index (χ4n) is 1.02. The van der Waals surface area contributed by atoms with Crippen LogP contribution in [0.1, 0.15) is 20.3 Å². The van der Waals surface area contributed by atoms with E-state index in [2.05, 4.69) is 4.74 Å². The van der Waals surface area contributed by atoms with Crippen molar-refractivity contribution < 1.29 is 22.7 Å². The van der Waals surface area contributed by atoms with Crippen molar-refractivity contribution in [1.82, 2.24) is 4.90 Å². The van der Waals surface area contributed by atoms with Gasteiger partial charge in [0.1, 0.15) is 0 Å². The van der Waals surface area contributed by atoms with Crippen molar-refractivity contribution in [2.75, 3.05) is 26.2 Å². The number of carbonyl (C=O) groups excluding carboxylic acids is 1. The summed E-state index contributed by atoms with van der Waals surface area (Å²) in [6, 6.07) is 0. The maximum absolute atomic E-state index is 11.7. The molecule has 0 aromatic carbocycles. The van der Waals surface area contributed by atoms with Gasteiger partial charge in [0, 0.05) is 6.54 Å². The molecule has 0 saturated heterocycles. The van der Waals surface area contributed by atoms with Gasteiger partial charge in [-0.2, -0.15) is 13.2 Å². The zero-order valence-electron chi connectivity index (χ0n) is 8.93. The van der Waals surface area contributed by atoms with Crippen LogP contribution in [0.5, 0.6) is 0 Å². The number of hydrogen-bond acceptors (Lipinski definition) is 3. The van der Waals surface area contributed by atoms with Gasteiger partial charge in [-0.05, 0) is 13.1 Å². The summed E-state index contributed by atoms with van der Waals surface area (Å²) in [6.07, 6.45) is -4.44. The van der Waals surface area contributed by atoms with Crippen LogP contribution in [-0.2, 0) is 9.53 Å². The molecule has 0 rings (SSSR count). The summed E-state index contributed by atoms with van der Waals surface area (Å²) in [7, 11) is 0. The predicted molar refractivity (Wildman–Crippen MR) is 49.4 cm³/mol. The molecule has 0 aliphatic rings. The number of carbonyl (C=O) groups is 1. The molecule has 90 valence electrons. The van der Waals surface area contributed by atoms with Crippen molar-refractivity contribution in [3.63, 3.8) is 0 Å². The van der Waals surface area contributed by atoms with Crippen LogP contribution >= 0.6 is 0 Å². The Hall–Kier alpha value is -0.780. The van der Waals surface area contributed by atoms with Gasteiger partial charge in [0.25, 0.3) is 0 Å². The highest BCUT2D eigenvalue weighted by atomic mass is 19.4. The number of halogens is 3. The summed E-state index contributed by atoms with van der Waals surface area (Å²) < 4.78 is 39.0. The Balaban J connectivity index is 3.66. The second kappa shape index (κ2) is 6.66. The Morgan fingerprint density at radius 1 is 1.27 bits per heavy atom. The number of rotatable bonds is 6. The molecule has 15 heavy (non-hydrogen) atoms. The van der Waals surface area contributed by atoms with Crippen molar-refractivity contribution in [1.29, 1.82) is 0 Å². The first kappa shape index (κ1) is 14.2. The summed E-state index contributed by atoms with van der Waals surface area (Å²) in [4.78, 5) is 12.8. The Labute approximate surface area is 87.2 Å². The quantitative estimate of drug-likeness (QED) is 0.648. The summed E-state index contributed by atoms with van der Waals surface area (Å²) in [5.41, 5.74) is 0. The standard InChI is InChI=1S/C9H16F3NO2/c1-3-13(4-2)6-5-8(14)15-7-9(10,11)12/h3-7H2,1-2H3. The van der Waals surface area contributed by atoms with Crippen LogP contribution in [0.15, 0.2) is 0 Å². The molecule has 0 aliphatic heterocycles. The lowest BCUT2D eigenvalue weighted by Gasteiger charge is -2.17. The maximum atomic E-state index is 11.7. The van der Waals surface area contributed by atoms with Gasteiger partial charge in [0.2, 0.25) is 0 Å². The van der Waals surface area contributed by atoms with Crippen molar-refractivity contribution in [2.45, 2.75) is 26.4 Å². The molecular weight excluding hydrogens is 211 g/mol. The van der Waals surface area contributed by atoms with Crippen LogP contribution in [0.4, 0.5) is 13.2 Å². The molecule has 6 heteroatoms. The third kappa shape index (κ3) is 8.23. The van der Waals surface area contributed by atoms with Gasteiger partial charge in [0.15, 0.2) is 6.61 Å². The van der Waals surface area contributed by atoms with Crippen molar-refractivity contribution in [2.24, 2.45) is 0 Å². The highest BCUT2D eigenvalue weighted by molar-refractivity contribution is 5.69. The normalized spacial score (nSPS) is 11.9. The van der Waals surface area contributed by atoms with E-state index in [0.717, 1.165) is 13.1 Å². The first-order valence-electron chi connectivity index (χ1n) is 4.83. The first-order chi connectivity index (χ1) is 6.89. The van der Waals surface area contributed by atoms with Crippen LogP contribution in [0.2, 0.25) is 0 Å². The molecule has 0 aromatic rings. The molecule has 0 heterocycles. The minimum Gasteiger partial charge on any atom is -0.456 e. The Morgan fingerprint density at radius 2 is 1.80 bits per heavy atom. The summed E-state index contributed by atoms with van der Waals surface area (Å²) in [6.45, 7) is 4.31. The number of ether oxygens (including phenoxy) is 1. The second-order valence-electron chi connectivity index (χ2n) is 3.05. The average molecular weight is 227 g/mol. The van der Waals surface area contributed by atoms with Gasteiger partial charge in [-0.1, -0.05) is 13.8 Å². The summed E-state index contributed by atoms with van der Waals surface area (Å²) >= 11 is 0. The molecule has 0 aromatic heterocycles. The van der Waals surface area contributed by atoms with Crippen LogP contribution in [0.3, 0.4) is 0 Å². The van der Waals surface area contributed by atoms with Gasteiger partial charge in [-0.25, -0.2) is 0 Å². The fourth-order valence-corrected chi connectivity index (χ4v) is 1.02. The molecule has 0 bridgehead atoms. The summed E-state index contributed by atoms with van der Waals surface area (Å²) in [5.74, 6) is -0.806. The van der Waals surface area contributed by atoms with E-state index >= 15 is 0 Å². The van der Waals surface area contributed by atoms with Crippen molar-refractivity contribution in [3.05, 3.63) is 0 Å². The van der Waals surface area contributed by atoms with E-state index < -0.39 is 18.8 Å². The number of hydrogen-bond donors (Lipinski definition) is 0. The third-order valence-corrected chi connectivity index (χ3v) is 1.92. The lowest BCUT2D eigenvalue weighted by atomic mass is 10.4. The molecule has 0 unspecified atom stereocenters. The van der Waals surface area contributed by atoms with E-state index in [1.807, 2.05) is 18.7 Å². The van der Waals surface area contributed by atoms with E-state index in [-0.39, 0.29) is 6.42 Å². The van der Waals surface area contributed by atoms with Crippen LogP contribution in [0, 0.1) is 0 Å². The molecule has 0 saturated carbocycles. The molecule has 3 nitrogen and oxygen atoms in total. The molecule has 0 fully saturated rings. The minimum absolute atomic E-state index is 0.00222. The SMILES string of the molecule is CCN(CC)CCC(=O)OCC(F)(F)F. The topological polar surface area (TPSA) is 29.5 Å². The van der Waals surface area contributed by atoms with Gasteiger partial charge in [-0.15, -0.1) is 0 Å². The van der Waals surface area contributed by atoms with Crippen molar-refractivity contribution in [3.8, 4) is 0 Å². The van der Waals surface area contributed by atoms with Gasteiger partial charge in [0.05, 0.1) is 6.42 Å². The van der Waals surface area contributed by atoms with Crippen LogP contribution < -0.4 is 0 Å². The van der Waals surface area contributed by atoms with E-state index in [1.165, 1.54) is 0 Å². The predicted octanol–water partition coefficient (Wildman–Crippen LogP) is 1.82. The monoisotopic (exact) mass is 227 g/mol. The lowest BCUT2D eigenvalue weighted by Crippen LogP contribution is -2.27. The number of alkyl halides is 3. The first-order valence-corrected chi connectivity index (χ1v) is 4.83. The zero-order chi connectivity index (χ0) is 11.9. The van der Waals surface area contributed by atoms with E-state index in [1.54, 1.807) is 0 Å². The van der Waals surface area contributed by atoms with E-state index in [0.29, 0.717) is 6.54 Å². The number of nitrogens with zero attached hydrogens (tertiary/aromatic N) is 1. The molecule has 0 aliphatic carbocycles. The Morgan fingerprint density at radius 3 is 2.20 bits per heavy atom. The van der Waals surface area contributed by atoms with Crippen LogP contribution in [-0.4, -0.2) is 43.3 Å². The van der Waals surface area contributed by atoms with Gasteiger partial charge in [-0.3, -0.25) is 4.79 Å². The smallest absolute Gasteiger partial charge is 0.422 e.